The number of nitrogens with one attached hydrogen (secondary N) is 1. The molecule has 1 fully saturated rings. The van der Waals surface area contributed by atoms with E-state index >= 15 is 0 Å². The smallest absolute Gasteiger partial charge is 0.333 e. The van der Waals surface area contributed by atoms with Crippen LogP contribution in [-0.4, -0.2) is 15.7 Å². The van der Waals surface area contributed by atoms with Crippen molar-refractivity contribution in [1.82, 2.24) is 9.55 Å². The molecule has 5 heteroatoms. The summed E-state index contributed by atoms with van der Waals surface area (Å²) in [5, 5.41) is 0. The third-order valence-electron chi connectivity index (χ3n) is 3.30. The summed E-state index contributed by atoms with van der Waals surface area (Å²) >= 11 is 0. The second-order valence-corrected chi connectivity index (χ2v) is 4.60. The van der Waals surface area contributed by atoms with Crippen LogP contribution >= 0.6 is 0 Å². The van der Waals surface area contributed by atoms with Crippen molar-refractivity contribution in [3.8, 4) is 11.4 Å². The van der Waals surface area contributed by atoms with Crippen LogP contribution in [-0.2, 0) is 0 Å². The minimum absolute atomic E-state index is 0.0998. The minimum Gasteiger partial charge on any atom is -0.483 e. The Labute approximate surface area is 109 Å². The van der Waals surface area contributed by atoms with Crippen molar-refractivity contribution in [2.45, 2.75) is 25.4 Å². The van der Waals surface area contributed by atoms with Crippen molar-refractivity contribution in [3.63, 3.8) is 0 Å². The zero-order valence-electron chi connectivity index (χ0n) is 10.3. The highest BCUT2D eigenvalue weighted by molar-refractivity contribution is 5.32. The highest BCUT2D eigenvalue weighted by atomic mass is 16.5. The van der Waals surface area contributed by atoms with Gasteiger partial charge in [-0.05, 0) is 31.4 Å². The van der Waals surface area contributed by atoms with Crippen LogP contribution in [0.4, 0.5) is 0 Å². The average molecular weight is 258 g/mol. The Bertz CT molecular complexity index is 684. The number of hydrogen-bond donors (Lipinski definition) is 1. The van der Waals surface area contributed by atoms with Crippen molar-refractivity contribution in [1.29, 1.82) is 0 Å². The van der Waals surface area contributed by atoms with E-state index in [9.17, 15) is 9.59 Å². The average Bonchev–Trinajstić information content (AvgIpc) is 2.37. The molecule has 1 aromatic carbocycles. The van der Waals surface area contributed by atoms with E-state index in [1.165, 1.54) is 6.20 Å². The van der Waals surface area contributed by atoms with Crippen molar-refractivity contribution in [2.24, 2.45) is 0 Å². The van der Waals surface area contributed by atoms with Crippen molar-refractivity contribution >= 4 is 0 Å². The Kier molecular flexibility index (Phi) is 2.95. The first kappa shape index (κ1) is 11.8. The molecular weight excluding hydrogens is 244 g/mol. The number of aromatic amines is 1. The minimum atomic E-state index is -0.461. The molecule has 1 saturated carbocycles. The maximum absolute atomic E-state index is 12.3. The van der Waals surface area contributed by atoms with Gasteiger partial charge in [0.05, 0.1) is 18.0 Å². The van der Waals surface area contributed by atoms with E-state index in [0.29, 0.717) is 5.69 Å². The molecule has 5 nitrogen and oxygen atoms in total. The number of para-hydroxylation sites is 1. The summed E-state index contributed by atoms with van der Waals surface area (Å²) < 4.78 is 6.69. The van der Waals surface area contributed by atoms with Gasteiger partial charge in [0.15, 0.2) is 0 Å². The van der Waals surface area contributed by atoms with Crippen LogP contribution in [0, 0.1) is 0 Å². The molecule has 0 saturated heterocycles. The van der Waals surface area contributed by atoms with Gasteiger partial charge in [0, 0.05) is 0 Å². The summed E-state index contributed by atoms with van der Waals surface area (Å²) in [6.45, 7) is 0. The highest BCUT2D eigenvalue weighted by Gasteiger charge is 2.21. The van der Waals surface area contributed by atoms with Gasteiger partial charge in [-0.3, -0.25) is 4.79 Å². The van der Waals surface area contributed by atoms with E-state index in [2.05, 4.69) is 4.98 Å². The standard InChI is InChI=1S/C14H14N2O3/c17-13-12(19-11-7-4-8-11)9-15-14(18)16(13)10-5-2-1-3-6-10/h1-3,5-6,9,11H,4,7-8H2,(H,15,18). The van der Waals surface area contributed by atoms with E-state index < -0.39 is 11.2 Å². The lowest BCUT2D eigenvalue weighted by atomic mass is 9.96. The number of hydrogen-bond acceptors (Lipinski definition) is 3. The van der Waals surface area contributed by atoms with Crippen LogP contribution in [0.3, 0.4) is 0 Å². The van der Waals surface area contributed by atoms with Gasteiger partial charge in [-0.2, -0.15) is 0 Å². The van der Waals surface area contributed by atoms with Crippen LogP contribution in [0.5, 0.6) is 5.75 Å². The maximum Gasteiger partial charge on any atom is 0.333 e. The van der Waals surface area contributed by atoms with Gasteiger partial charge in [-0.1, -0.05) is 18.2 Å². The Morgan fingerprint density at radius 3 is 2.53 bits per heavy atom. The van der Waals surface area contributed by atoms with E-state index in [-0.39, 0.29) is 11.9 Å². The molecule has 0 amide bonds. The molecule has 0 radical (unpaired) electrons. The van der Waals surface area contributed by atoms with Crippen LogP contribution in [0.25, 0.3) is 5.69 Å². The van der Waals surface area contributed by atoms with E-state index in [1.807, 2.05) is 6.07 Å². The first-order valence-corrected chi connectivity index (χ1v) is 6.32. The fourth-order valence-electron chi connectivity index (χ4n) is 2.02. The predicted molar refractivity (Wildman–Crippen MR) is 70.9 cm³/mol. The van der Waals surface area contributed by atoms with Gasteiger partial charge < -0.3 is 9.72 Å². The highest BCUT2D eigenvalue weighted by Crippen LogP contribution is 2.22. The lowest BCUT2D eigenvalue weighted by molar-refractivity contribution is 0.117. The van der Waals surface area contributed by atoms with E-state index in [1.54, 1.807) is 24.3 Å². The molecule has 0 unspecified atom stereocenters. The molecular formula is C14H14N2O3. The molecule has 0 bridgehead atoms. The normalized spacial score (nSPS) is 14.9. The summed E-state index contributed by atoms with van der Waals surface area (Å²) in [4.78, 5) is 26.6. The van der Waals surface area contributed by atoms with E-state index in [0.717, 1.165) is 23.8 Å². The number of aromatic nitrogens is 2. The van der Waals surface area contributed by atoms with Gasteiger partial charge >= 0.3 is 11.2 Å². The predicted octanol–water partition coefficient (Wildman–Crippen LogP) is 1.46. The fraction of sp³-hybridized carbons (Fsp3) is 0.286. The molecule has 1 aromatic heterocycles. The number of H-pyrrole nitrogens is 1. The lowest BCUT2D eigenvalue weighted by Gasteiger charge is -2.25. The maximum atomic E-state index is 12.3. The number of rotatable bonds is 3. The van der Waals surface area contributed by atoms with Gasteiger partial charge in [-0.25, -0.2) is 9.36 Å². The number of benzene rings is 1. The molecule has 0 atom stereocenters. The molecule has 3 rings (SSSR count). The van der Waals surface area contributed by atoms with Crippen LogP contribution in [0.2, 0.25) is 0 Å². The van der Waals surface area contributed by atoms with Gasteiger partial charge in [-0.15, -0.1) is 0 Å². The largest absolute Gasteiger partial charge is 0.483 e. The first-order valence-electron chi connectivity index (χ1n) is 6.32. The Balaban J connectivity index is 2.06. The monoisotopic (exact) mass is 258 g/mol. The van der Waals surface area contributed by atoms with Gasteiger partial charge in [0.25, 0.3) is 0 Å². The third-order valence-corrected chi connectivity index (χ3v) is 3.30. The SMILES string of the molecule is O=c1[nH]cc(OC2CCC2)c(=O)n1-c1ccccc1. The number of nitrogens with zero attached hydrogens (tertiary/aromatic N) is 1. The van der Waals surface area contributed by atoms with Crippen LogP contribution in [0.15, 0.2) is 46.1 Å². The van der Waals surface area contributed by atoms with Crippen LogP contribution < -0.4 is 16.0 Å². The van der Waals surface area contributed by atoms with Crippen molar-refractivity contribution in [2.75, 3.05) is 0 Å². The van der Waals surface area contributed by atoms with E-state index in [4.69, 9.17) is 4.74 Å². The van der Waals surface area contributed by atoms with Gasteiger partial charge in [0.1, 0.15) is 0 Å². The summed E-state index contributed by atoms with van der Waals surface area (Å²) in [6.07, 6.45) is 4.50. The molecule has 1 aliphatic carbocycles. The Morgan fingerprint density at radius 1 is 1.16 bits per heavy atom. The molecule has 1 aliphatic rings. The fourth-order valence-corrected chi connectivity index (χ4v) is 2.02. The summed E-state index contributed by atoms with van der Waals surface area (Å²) in [7, 11) is 0. The molecule has 98 valence electrons. The topological polar surface area (TPSA) is 64.1 Å². The summed E-state index contributed by atoms with van der Waals surface area (Å²) in [5.41, 5.74) is -0.341. The van der Waals surface area contributed by atoms with Crippen molar-refractivity contribution in [3.05, 3.63) is 57.4 Å². The third kappa shape index (κ3) is 2.19. The zero-order chi connectivity index (χ0) is 13.2. The molecule has 0 aliphatic heterocycles. The molecule has 2 aromatic rings. The quantitative estimate of drug-likeness (QED) is 0.906. The molecule has 1 heterocycles. The molecule has 1 N–H and O–H groups in total. The molecule has 0 spiro atoms. The Morgan fingerprint density at radius 2 is 1.89 bits per heavy atom. The number of ether oxygens (including phenoxy) is 1. The van der Waals surface area contributed by atoms with Gasteiger partial charge in [0.2, 0.25) is 5.75 Å². The zero-order valence-corrected chi connectivity index (χ0v) is 10.3. The van der Waals surface area contributed by atoms with Crippen molar-refractivity contribution < 1.29 is 4.74 Å². The first-order chi connectivity index (χ1) is 9.25. The summed E-state index contributed by atoms with van der Waals surface area (Å²) in [6, 6.07) is 8.81. The lowest BCUT2D eigenvalue weighted by Crippen LogP contribution is -2.36. The second kappa shape index (κ2) is 4.76. The van der Waals surface area contributed by atoms with Crippen LogP contribution in [0.1, 0.15) is 19.3 Å². The second-order valence-electron chi connectivity index (χ2n) is 4.60. The summed E-state index contributed by atoms with van der Waals surface area (Å²) in [5.74, 6) is 0.202. The Hall–Kier alpha value is -2.30. The molecule has 19 heavy (non-hydrogen) atoms.